The Morgan fingerprint density at radius 3 is 2.43 bits per heavy atom. The highest BCUT2D eigenvalue weighted by Crippen LogP contribution is 2.21. The van der Waals surface area contributed by atoms with Crippen molar-refractivity contribution in [3.63, 3.8) is 0 Å². The first kappa shape index (κ1) is 16.7. The summed E-state index contributed by atoms with van der Waals surface area (Å²) in [5.74, 6) is -2.47. The van der Waals surface area contributed by atoms with E-state index >= 15 is 0 Å². The van der Waals surface area contributed by atoms with Crippen LogP contribution in [0.3, 0.4) is 0 Å². The van der Waals surface area contributed by atoms with Gasteiger partial charge in [-0.2, -0.15) is 13.2 Å². The van der Waals surface area contributed by atoms with Crippen LogP contribution in [0, 0.1) is 5.82 Å². The molecule has 0 aliphatic carbocycles. The maximum atomic E-state index is 13.2. The van der Waals surface area contributed by atoms with Gasteiger partial charge in [-0.3, -0.25) is 0 Å². The first-order chi connectivity index (χ1) is 9.75. The van der Waals surface area contributed by atoms with Crippen LogP contribution >= 0.6 is 0 Å². The summed E-state index contributed by atoms with van der Waals surface area (Å²) in [6.45, 7) is 1.05. The zero-order chi connectivity index (χ0) is 16.0. The fourth-order valence-corrected chi connectivity index (χ4v) is 1.35. The molecule has 0 heterocycles. The number of anilines is 1. The number of ether oxygens (including phenoxy) is 1. The van der Waals surface area contributed by atoms with Crippen LogP contribution in [0.4, 0.5) is 28.0 Å². The molecule has 1 unspecified atom stereocenters. The molecule has 116 valence electrons. The van der Waals surface area contributed by atoms with Crippen LogP contribution in [0.2, 0.25) is 0 Å². The molecule has 1 rings (SSSR count). The molecule has 0 aliphatic rings. The number of rotatable bonds is 4. The standard InChI is InChI=1S/C12H12F4N2O3/c1-2-21-10(19)9(12(14,15)16)18-11(20)17-8-6-4-3-5-7(8)13/h3-6,9H,2H2,1H3,(H2,17,18,20). The van der Waals surface area contributed by atoms with Gasteiger partial charge in [-0.1, -0.05) is 12.1 Å². The number of halogens is 4. The maximum Gasteiger partial charge on any atom is 0.419 e. The van der Waals surface area contributed by atoms with Crippen molar-refractivity contribution in [2.75, 3.05) is 11.9 Å². The van der Waals surface area contributed by atoms with Gasteiger partial charge >= 0.3 is 18.2 Å². The first-order valence-electron chi connectivity index (χ1n) is 5.81. The number of hydrogen-bond acceptors (Lipinski definition) is 3. The molecule has 0 saturated carbocycles. The summed E-state index contributed by atoms with van der Waals surface area (Å²) >= 11 is 0. The van der Waals surface area contributed by atoms with Crippen LogP contribution in [0.25, 0.3) is 0 Å². The number of amides is 2. The monoisotopic (exact) mass is 308 g/mol. The SMILES string of the molecule is CCOC(=O)C(NC(=O)Nc1ccccc1F)C(F)(F)F. The van der Waals surface area contributed by atoms with Crippen molar-refractivity contribution in [3.8, 4) is 0 Å². The van der Waals surface area contributed by atoms with Gasteiger partial charge in [0, 0.05) is 0 Å². The number of benzene rings is 1. The molecule has 21 heavy (non-hydrogen) atoms. The number of nitrogens with one attached hydrogen (secondary N) is 2. The van der Waals surface area contributed by atoms with Crippen molar-refractivity contribution in [1.29, 1.82) is 0 Å². The zero-order valence-electron chi connectivity index (χ0n) is 10.8. The van der Waals surface area contributed by atoms with Crippen LogP contribution in [-0.4, -0.2) is 30.8 Å². The summed E-state index contributed by atoms with van der Waals surface area (Å²) in [5, 5.41) is 3.28. The van der Waals surface area contributed by atoms with E-state index < -0.39 is 30.0 Å². The van der Waals surface area contributed by atoms with Crippen molar-refractivity contribution in [2.45, 2.75) is 19.1 Å². The maximum absolute atomic E-state index is 13.2. The molecule has 2 N–H and O–H groups in total. The smallest absolute Gasteiger partial charge is 0.419 e. The van der Waals surface area contributed by atoms with E-state index in [4.69, 9.17) is 0 Å². The Hall–Kier alpha value is -2.32. The molecule has 2 amide bonds. The molecule has 0 bridgehead atoms. The number of urea groups is 1. The second kappa shape index (κ2) is 6.91. The largest absolute Gasteiger partial charge is 0.464 e. The van der Waals surface area contributed by atoms with Crippen molar-refractivity contribution < 1.29 is 31.9 Å². The molecule has 0 spiro atoms. The summed E-state index contributed by atoms with van der Waals surface area (Å²) in [5.41, 5.74) is -0.320. The van der Waals surface area contributed by atoms with Crippen LogP contribution in [0.1, 0.15) is 6.92 Å². The van der Waals surface area contributed by atoms with E-state index in [-0.39, 0.29) is 12.3 Å². The molecule has 1 atom stereocenters. The van der Waals surface area contributed by atoms with Crippen molar-refractivity contribution >= 4 is 17.7 Å². The van der Waals surface area contributed by atoms with Gasteiger partial charge in [0.2, 0.25) is 6.04 Å². The van der Waals surface area contributed by atoms with E-state index in [0.29, 0.717) is 0 Å². The number of carbonyl (C=O) groups is 2. The number of alkyl halides is 3. The van der Waals surface area contributed by atoms with Crippen molar-refractivity contribution in [1.82, 2.24) is 5.32 Å². The summed E-state index contributed by atoms with van der Waals surface area (Å²) < 4.78 is 55.4. The van der Waals surface area contributed by atoms with E-state index in [2.05, 4.69) is 4.74 Å². The van der Waals surface area contributed by atoms with Crippen LogP contribution in [-0.2, 0) is 9.53 Å². The minimum Gasteiger partial charge on any atom is -0.464 e. The van der Waals surface area contributed by atoms with Crippen LogP contribution in [0.15, 0.2) is 24.3 Å². The minimum atomic E-state index is -5.03. The van der Waals surface area contributed by atoms with E-state index in [0.717, 1.165) is 12.1 Å². The van der Waals surface area contributed by atoms with Crippen LogP contribution < -0.4 is 10.6 Å². The fraction of sp³-hybridized carbons (Fsp3) is 0.333. The Balaban J connectivity index is 2.77. The molecule has 0 aliphatic heterocycles. The molecule has 0 radical (unpaired) electrons. The Labute approximate surface area is 117 Å². The molecule has 5 nitrogen and oxygen atoms in total. The third kappa shape index (κ3) is 4.93. The molecule has 0 aromatic heterocycles. The number of carbonyl (C=O) groups excluding carboxylic acids is 2. The molecule has 1 aromatic rings. The average Bonchev–Trinajstić information content (AvgIpc) is 2.37. The van der Waals surface area contributed by atoms with E-state index in [1.54, 1.807) is 0 Å². The summed E-state index contributed by atoms with van der Waals surface area (Å²) in [6, 6.07) is 0.685. The summed E-state index contributed by atoms with van der Waals surface area (Å²) in [6.07, 6.45) is -5.03. The quantitative estimate of drug-likeness (QED) is 0.663. The third-order valence-corrected chi connectivity index (χ3v) is 2.25. The van der Waals surface area contributed by atoms with Gasteiger partial charge in [0.1, 0.15) is 5.82 Å². The van der Waals surface area contributed by atoms with Gasteiger partial charge in [-0.05, 0) is 19.1 Å². The first-order valence-corrected chi connectivity index (χ1v) is 5.81. The number of hydrogen-bond donors (Lipinski definition) is 2. The highest BCUT2D eigenvalue weighted by molar-refractivity contribution is 5.92. The lowest BCUT2D eigenvalue weighted by molar-refractivity contribution is -0.182. The van der Waals surface area contributed by atoms with Gasteiger partial charge in [0.25, 0.3) is 0 Å². The lowest BCUT2D eigenvalue weighted by Gasteiger charge is -2.20. The second-order valence-corrected chi connectivity index (χ2v) is 3.80. The van der Waals surface area contributed by atoms with Crippen molar-refractivity contribution in [2.24, 2.45) is 0 Å². The van der Waals surface area contributed by atoms with Gasteiger partial charge in [-0.15, -0.1) is 0 Å². The minimum absolute atomic E-state index is 0.276. The van der Waals surface area contributed by atoms with E-state index in [1.165, 1.54) is 24.4 Å². The topological polar surface area (TPSA) is 67.4 Å². The number of esters is 1. The van der Waals surface area contributed by atoms with E-state index in [1.807, 2.05) is 5.32 Å². The predicted molar refractivity (Wildman–Crippen MR) is 65.0 cm³/mol. The average molecular weight is 308 g/mol. The third-order valence-electron chi connectivity index (χ3n) is 2.25. The van der Waals surface area contributed by atoms with Gasteiger partial charge in [0.05, 0.1) is 12.3 Å². The molecular formula is C12H12F4N2O3. The molecule has 0 saturated heterocycles. The predicted octanol–water partition coefficient (Wildman–Crippen LogP) is 2.44. The Kier molecular flexibility index (Phi) is 5.51. The summed E-state index contributed by atoms with van der Waals surface area (Å²) in [7, 11) is 0. The second-order valence-electron chi connectivity index (χ2n) is 3.80. The Morgan fingerprint density at radius 1 is 1.29 bits per heavy atom. The van der Waals surface area contributed by atoms with Gasteiger partial charge < -0.3 is 15.4 Å². The lowest BCUT2D eigenvalue weighted by atomic mass is 10.3. The van der Waals surface area contributed by atoms with E-state index in [9.17, 15) is 27.2 Å². The lowest BCUT2D eigenvalue weighted by Crippen LogP contribution is -2.52. The van der Waals surface area contributed by atoms with Gasteiger partial charge in [-0.25, -0.2) is 14.0 Å². The Bertz CT molecular complexity index is 519. The molecule has 1 aromatic carbocycles. The zero-order valence-corrected chi connectivity index (χ0v) is 10.8. The van der Waals surface area contributed by atoms with Gasteiger partial charge in [0.15, 0.2) is 0 Å². The highest BCUT2D eigenvalue weighted by Gasteiger charge is 2.47. The highest BCUT2D eigenvalue weighted by atomic mass is 19.4. The molecule has 0 fully saturated rings. The molecule has 9 heteroatoms. The van der Waals surface area contributed by atoms with Crippen LogP contribution in [0.5, 0.6) is 0 Å². The molecular weight excluding hydrogens is 296 g/mol. The normalized spacial score (nSPS) is 12.4. The fourth-order valence-electron chi connectivity index (χ4n) is 1.35. The Morgan fingerprint density at radius 2 is 1.90 bits per heavy atom. The number of para-hydroxylation sites is 1. The summed E-state index contributed by atoms with van der Waals surface area (Å²) in [4.78, 5) is 22.6. The van der Waals surface area contributed by atoms with Crippen molar-refractivity contribution in [3.05, 3.63) is 30.1 Å².